The van der Waals surface area contributed by atoms with Crippen molar-refractivity contribution in [2.75, 3.05) is 6.54 Å². The van der Waals surface area contributed by atoms with Crippen LogP contribution in [-0.2, 0) is 6.42 Å². The first-order chi connectivity index (χ1) is 9.70. The third kappa shape index (κ3) is 4.17. The van der Waals surface area contributed by atoms with E-state index in [-0.39, 0.29) is 6.04 Å². The van der Waals surface area contributed by atoms with Crippen molar-refractivity contribution in [1.82, 2.24) is 15.3 Å². The van der Waals surface area contributed by atoms with E-state index in [0.29, 0.717) is 5.02 Å². The van der Waals surface area contributed by atoms with E-state index in [2.05, 4.69) is 22.2 Å². The van der Waals surface area contributed by atoms with Gasteiger partial charge in [-0.3, -0.25) is 0 Å². The summed E-state index contributed by atoms with van der Waals surface area (Å²) in [5, 5.41) is 4.93. The van der Waals surface area contributed by atoms with Crippen molar-refractivity contribution >= 4 is 23.2 Å². The van der Waals surface area contributed by atoms with E-state index >= 15 is 0 Å². The highest BCUT2D eigenvalue weighted by atomic mass is 35.5. The van der Waals surface area contributed by atoms with Gasteiger partial charge in [-0.05, 0) is 43.1 Å². The molecule has 0 saturated heterocycles. The molecule has 106 valence electrons. The average molecular weight is 310 g/mol. The molecule has 0 saturated carbocycles. The zero-order chi connectivity index (χ0) is 14.4. The quantitative estimate of drug-likeness (QED) is 0.874. The lowest BCUT2D eigenvalue weighted by Crippen LogP contribution is -2.24. The zero-order valence-corrected chi connectivity index (χ0v) is 12.8. The van der Waals surface area contributed by atoms with Crippen LogP contribution in [-0.4, -0.2) is 16.5 Å². The zero-order valence-electron chi connectivity index (χ0n) is 11.3. The molecule has 0 fully saturated rings. The van der Waals surface area contributed by atoms with Crippen LogP contribution in [0.4, 0.5) is 0 Å². The number of nitrogens with zero attached hydrogens (tertiary/aromatic N) is 2. The fraction of sp³-hybridized carbons (Fsp3) is 0.333. The molecular formula is C15H17Cl2N3. The molecule has 0 aliphatic heterocycles. The second kappa shape index (κ2) is 7.58. The maximum absolute atomic E-state index is 6.24. The molecule has 3 nitrogen and oxygen atoms in total. The predicted octanol–water partition coefficient (Wildman–Crippen LogP) is 4.07. The number of hydrogen-bond acceptors (Lipinski definition) is 3. The third-order valence-corrected chi connectivity index (χ3v) is 3.66. The summed E-state index contributed by atoms with van der Waals surface area (Å²) >= 11 is 12.3. The highest BCUT2D eigenvalue weighted by Gasteiger charge is 2.14. The van der Waals surface area contributed by atoms with Crippen molar-refractivity contribution in [2.24, 2.45) is 0 Å². The monoisotopic (exact) mass is 309 g/mol. The molecule has 5 heteroatoms. The summed E-state index contributed by atoms with van der Waals surface area (Å²) in [5.41, 5.74) is 2.08. The Hall–Kier alpha value is -1.16. The van der Waals surface area contributed by atoms with Gasteiger partial charge in [0.25, 0.3) is 0 Å². The fourth-order valence-corrected chi connectivity index (χ4v) is 2.43. The van der Waals surface area contributed by atoms with Gasteiger partial charge in [-0.1, -0.05) is 30.1 Å². The molecule has 20 heavy (non-hydrogen) atoms. The van der Waals surface area contributed by atoms with Crippen LogP contribution >= 0.6 is 23.2 Å². The summed E-state index contributed by atoms with van der Waals surface area (Å²) in [7, 11) is 0. The Balaban J connectivity index is 2.21. The van der Waals surface area contributed by atoms with Gasteiger partial charge in [0, 0.05) is 34.0 Å². The van der Waals surface area contributed by atoms with E-state index in [1.807, 2.05) is 24.5 Å². The Morgan fingerprint density at radius 1 is 1.20 bits per heavy atom. The Kier molecular flexibility index (Phi) is 5.77. The molecule has 0 radical (unpaired) electrons. The van der Waals surface area contributed by atoms with E-state index < -0.39 is 0 Å². The number of halogens is 2. The highest BCUT2D eigenvalue weighted by Crippen LogP contribution is 2.25. The van der Waals surface area contributed by atoms with Gasteiger partial charge < -0.3 is 5.32 Å². The van der Waals surface area contributed by atoms with Crippen molar-refractivity contribution in [1.29, 1.82) is 0 Å². The Morgan fingerprint density at radius 2 is 1.95 bits per heavy atom. The summed E-state index contributed by atoms with van der Waals surface area (Å²) in [6.07, 6.45) is 7.02. The first kappa shape index (κ1) is 15.2. The smallest absolute Gasteiger partial charge is 0.115 e. The molecule has 2 aromatic rings. The molecule has 0 spiro atoms. The molecule has 1 aromatic carbocycles. The van der Waals surface area contributed by atoms with Crippen LogP contribution < -0.4 is 5.32 Å². The molecule has 0 aliphatic rings. The van der Waals surface area contributed by atoms with Crippen LogP contribution in [0.3, 0.4) is 0 Å². The Bertz CT molecular complexity index is 546. The van der Waals surface area contributed by atoms with E-state index in [1.165, 1.54) is 6.33 Å². The molecule has 1 aromatic heterocycles. The number of rotatable bonds is 6. The lowest BCUT2D eigenvalue weighted by molar-refractivity contribution is 0.526. The van der Waals surface area contributed by atoms with Crippen LogP contribution in [0, 0.1) is 0 Å². The normalized spacial score (nSPS) is 12.3. The minimum Gasteiger partial charge on any atom is -0.310 e. The molecule has 0 bridgehead atoms. The van der Waals surface area contributed by atoms with Crippen LogP contribution in [0.15, 0.2) is 36.9 Å². The van der Waals surface area contributed by atoms with Crippen molar-refractivity contribution in [2.45, 2.75) is 25.8 Å². The van der Waals surface area contributed by atoms with Crippen molar-refractivity contribution in [3.8, 4) is 0 Å². The molecule has 2 rings (SSSR count). The molecule has 1 N–H and O–H groups in total. The molecular weight excluding hydrogens is 293 g/mol. The van der Waals surface area contributed by atoms with E-state index in [0.717, 1.165) is 35.5 Å². The standard InChI is InChI=1S/C15H17Cl2N3/c1-2-5-20-15(12-8-18-10-19-9-12)7-11-6-13(16)3-4-14(11)17/h3-4,6,8-10,15,20H,2,5,7H2,1H3. The van der Waals surface area contributed by atoms with Gasteiger partial charge >= 0.3 is 0 Å². The van der Waals surface area contributed by atoms with Crippen LogP contribution in [0.2, 0.25) is 10.0 Å². The van der Waals surface area contributed by atoms with E-state index in [9.17, 15) is 0 Å². The van der Waals surface area contributed by atoms with Crippen molar-refractivity contribution < 1.29 is 0 Å². The molecule has 1 heterocycles. The number of hydrogen-bond donors (Lipinski definition) is 1. The minimum atomic E-state index is 0.132. The van der Waals surface area contributed by atoms with Crippen LogP contribution in [0.5, 0.6) is 0 Å². The van der Waals surface area contributed by atoms with Gasteiger partial charge in [-0.2, -0.15) is 0 Å². The summed E-state index contributed by atoms with van der Waals surface area (Å²) in [4.78, 5) is 8.17. The fourth-order valence-electron chi connectivity index (χ4n) is 2.04. The van der Waals surface area contributed by atoms with Gasteiger partial charge in [0.1, 0.15) is 6.33 Å². The number of nitrogens with one attached hydrogen (secondary N) is 1. The Morgan fingerprint density at radius 3 is 2.65 bits per heavy atom. The first-order valence-electron chi connectivity index (χ1n) is 6.63. The maximum Gasteiger partial charge on any atom is 0.115 e. The number of aromatic nitrogens is 2. The minimum absolute atomic E-state index is 0.132. The SMILES string of the molecule is CCCNC(Cc1cc(Cl)ccc1Cl)c1cncnc1. The van der Waals surface area contributed by atoms with Gasteiger partial charge in [0.15, 0.2) is 0 Å². The van der Waals surface area contributed by atoms with Gasteiger partial charge in [0.2, 0.25) is 0 Å². The second-order valence-corrected chi connectivity index (χ2v) is 5.46. The molecule has 1 unspecified atom stereocenters. The largest absolute Gasteiger partial charge is 0.310 e. The predicted molar refractivity (Wildman–Crippen MR) is 83.2 cm³/mol. The van der Waals surface area contributed by atoms with Gasteiger partial charge in [-0.25, -0.2) is 9.97 Å². The van der Waals surface area contributed by atoms with Gasteiger partial charge in [0.05, 0.1) is 0 Å². The summed E-state index contributed by atoms with van der Waals surface area (Å²) in [6.45, 7) is 3.07. The summed E-state index contributed by atoms with van der Waals surface area (Å²) in [6, 6.07) is 5.67. The van der Waals surface area contributed by atoms with Gasteiger partial charge in [-0.15, -0.1) is 0 Å². The molecule has 0 amide bonds. The van der Waals surface area contributed by atoms with E-state index in [1.54, 1.807) is 6.07 Å². The van der Waals surface area contributed by atoms with Crippen LogP contribution in [0.1, 0.15) is 30.5 Å². The third-order valence-electron chi connectivity index (χ3n) is 3.06. The summed E-state index contributed by atoms with van der Waals surface area (Å²) in [5.74, 6) is 0. The Labute approximate surface area is 129 Å². The topological polar surface area (TPSA) is 37.8 Å². The first-order valence-corrected chi connectivity index (χ1v) is 7.38. The lowest BCUT2D eigenvalue weighted by atomic mass is 10.0. The van der Waals surface area contributed by atoms with Crippen LogP contribution in [0.25, 0.3) is 0 Å². The maximum atomic E-state index is 6.24. The molecule has 0 aliphatic carbocycles. The highest BCUT2D eigenvalue weighted by molar-refractivity contribution is 6.33. The van der Waals surface area contributed by atoms with E-state index in [4.69, 9.17) is 23.2 Å². The summed E-state index contributed by atoms with van der Waals surface area (Å²) < 4.78 is 0. The number of benzene rings is 1. The average Bonchev–Trinajstić information content (AvgIpc) is 2.48. The second-order valence-electron chi connectivity index (χ2n) is 4.62. The lowest BCUT2D eigenvalue weighted by Gasteiger charge is -2.19. The van der Waals surface area contributed by atoms with Crippen molar-refractivity contribution in [3.05, 3.63) is 58.1 Å². The molecule has 1 atom stereocenters. The van der Waals surface area contributed by atoms with Crippen molar-refractivity contribution in [3.63, 3.8) is 0 Å².